The van der Waals surface area contributed by atoms with Gasteiger partial charge in [0.2, 0.25) is 5.95 Å². The minimum atomic E-state index is -0.664. The molecule has 4 rings (SSSR count). The number of ether oxygens (including phenoxy) is 1. The van der Waals surface area contributed by atoms with Crippen molar-refractivity contribution in [2.45, 2.75) is 39.5 Å². The molecule has 37 heavy (non-hydrogen) atoms. The number of benzene rings is 2. The van der Waals surface area contributed by atoms with E-state index in [1.54, 1.807) is 18.2 Å². The molecule has 0 bridgehead atoms. The molecular formula is C26H25N5O6. The number of carbonyl (C=O) groups excluding carboxylic acids is 3. The zero-order valence-corrected chi connectivity index (χ0v) is 20.4. The van der Waals surface area contributed by atoms with Crippen molar-refractivity contribution in [3.8, 4) is 5.75 Å². The molecule has 1 aromatic heterocycles. The fourth-order valence-electron chi connectivity index (χ4n) is 4.12. The quantitative estimate of drug-likeness (QED) is 0.105. The summed E-state index contributed by atoms with van der Waals surface area (Å²) < 4.78 is 5.43. The normalized spacial score (nSPS) is 12.4. The SMILES string of the molecule is Cc1cc(C)nc(Nc2cccc(OC(=O)CCCCCN3C(=O)c4cccc([N+](=O)[O-])c4C3=O)c2)n1. The standard InChI is InChI=1S/C26H25N5O6/c1-16-14-17(2)28-26(27-16)29-18-8-6-9-19(15-18)37-22(32)12-4-3-5-13-30-24(33)20-10-7-11-21(31(35)36)23(20)25(30)34/h6-11,14-15H,3-5,12-13H2,1-2H3,(H,27,28,29). The molecule has 11 heteroatoms. The van der Waals surface area contributed by atoms with Crippen LogP contribution in [0.3, 0.4) is 0 Å². The number of imide groups is 1. The van der Waals surface area contributed by atoms with E-state index in [2.05, 4.69) is 15.3 Å². The van der Waals surface area contributed by atoms with Crippen molar-refractivity contribution in [1.82, 2.24) is 14.9 Å². The van der Waals surface area contributed by atoms with Gasteiger partial charge in [-0.15, -0.1) is 0 Å². The summed E-state index contributed by atoms with van der Waals surface area (Å²) in [7, 11) is 0. The number of anilines is 2. The molecular weight excluding hydrogens is 478 g/mol. The second-order valence-electron chi connectivity index (χ2n) is 8.63. The number of carbonyl (C=O) groups is 3. The maximum absolute atomic E-state index is 12.6. The smallest absolute Gasteiger partial charge is 0.311 e. The second-order valence-corrected chi connectivity index (χ2v) is 8.63. The maximum atomic E-state index is 12.6. The van der Waals surface area contributed by atoms with Gasteiger partial charge in [-0.1, -0.05) is 18.6 Å². The van der Waals surface area contributed by atoms with Crippen molar-refractivity contribution in [3.63, 3.8) is 0 Å². The molecule has 0 fully saturated rings. The number of hydrogen-bond acceptors (Lipinski definition) is 9. The van der Waals surface area contributed by atoms with Gasteiger partial charge in [-0.2, -0.15) is 0 Å². The lowest BCUT2D eigenvalue weighted by Crippen LogP contribution is -2.30. The lowest BCUT2D eigenvalue weighted by atomic mass is 10.1. The summed E-state index contributed by atoms with van der Waals surface area (Å²) in [5, 5.41) is 14.3. The minimum absolute atomic E-state index is 0.0450. The van der Waals surface area contributed by atoms with E-state index < -0.39 is 22.7 Å². The van der Waals surface area contributed by atoms with Crippen LogP contribution >= 0.6 is 0 Å². The van der Waals surface area contributed by atoms with Crippen LogP contribution in [0.5, 0.6) is 5.75 Å². The predicted molar refractivity (Wildman–Crippen MR) is 134 cm³/mol. The van der Waals surface area contributed by atoms with Gasteiger partial charge in [0.05, 0.1) is 10.5 Å². The van der Waals surface area contributed by atoms with Gasteiger partial charge in [-0.05, 0) is 51.0 Å². The zero-order valence-electron chi connectivity index (χ0n) is 20.4. The van der Waals surface area contributed by atoms with Crippen molar-refractivity contribution in [3.05, 3.63) is 81.2 Å². The van der Waals surface area contributed by atoms with Crippen LogP contribution in [0.1, 0.15) is 57.8 Å². The largest absolute Gasteiger partial charge is 0.426 e. The van der Waals surface area contributed by atoms with Crippen LogP contribution in [0.2, 0.25) is 0 Å². The molecule has 1 aliphatic heterocycles. The Bertz CT molecular complexity index is 1370. The number of unbranched alkanes of at least 4 members (excludes halogenated alkanes) is 2. The second kappa shape index (κ2) is 10.9. The fraction of sp³-hybridized carbons (Fsp3) is 0.269. The van der Waals surface area contributed by atoms with Gasteiger partial charge in [-0.3, -0.25) is 29.4 Å². The highest BCUT2D eigenvalue weighted by Crippen LogP contribution is 2.31. The summed E-state index contributed by atoms with van der Waals surface area (Å²) in [5.41, 5.74) is 1.85. The molecule has 2 amide bonds. The molecule has 2 aromatic carbocycles. The Morgan fingerprint density at radius 2 is 1.73 bits per heavy atom. The van der Waals surface area contributed by atoms with Gasteiger partial charge in [0.15, 0.2) is 0 Å². The molecule has 0 radical (unpaired) electrons. The van der Waals surface area contributed by atoms with Crippen molar-refractivity contribution < 1.29 is 24.0 Å². The van der Waals surface area contributed by atoms with Gasteiger partial charge >= 0.3 is 5.97 Å². The summed E-state index contributed by atoms with van der Waals surface area (Å²) in [5.74, 6) is -0.772. The number of aryl methyl sites for hydroxylation is 2. The van der Waals surface area contributed by atoms with Gasteiger partial charge < -0.3 is 10.1 Å². The van der Waals surface area contributed by atoms with Gasteiger partial charge in [-0.25, -0.2) is 9.97 Å². The molecule has 1 aliphatic rings. The van der Waals surface area contributed by atoms with Crippen molar-refractivity contribution in [2.75, 3.05) is 11.9 Å². The Kier molecular flexibility index (Phi) is 7.52. The first-order chi connectivity index (χ1) is 17.7. The summed E-state index contributed by atoms with van der Waals surface area (Å²) >= 11 is 0. The van der Waals surface area contributed by atoms with Crippen LogP contribution in [0.25, 0.3) is 0 Å². The van der Waals surface area contributed by atoms with Crippen LogP contribution in [0.4, 0.5) is 17.3 Å². The topological polar surface area (TPSA) is 145 Å². The zero-order chi connectivity index (χ0) is 26.5. The molecule has 0 aliphatic carbocycles. The number of rotatable bonds is 10. The summed E-state index contributed by atoms with van der Waals surface area (Å²) in [6.45, 7) is 3.88. The van der Waals surface area contributed by atoms with Crippen LogP contribution in [0.15, 0.2) is 48.5 Å². The third kappa shape index (κ3) is 5.95. The molecule has 190 valence electrons. The van der Waals surface area contributed by atoms with Crippen LogP contribution in [-0.2, 0) is 4.79 Å². The Balaban J connectivity index is 1.23. The molecule has 0 saturated heterocycles. The Hall–Kier alpha value is -4.67. The molecule has 11 nitrogen and oxygen atoms in total. The van der Waals surface area contributed by atoms with E-state index in [4.69, 9.17) is 4.74 Å². The van der Waals surface area contributed by atoms with Crippen LogP contribution < -0.4 is 10.1 Å². The average Bonchev–Trinajstić information content (AvgIpc) is 3.08. The lowest BCUT2D eigenvalue weighted by molar-refractivity contribution is -0.385. The first-order valence-electron chi connectivity index (χ1n) is 11.8. The van der Waals surface area contributed by atoms with E-state index in [0.717, 1.165) is 16.3 Å². The summed E-state index contributed by atoms with van der Waals surface area (Å²) in [4.78, 5) is 57.7. The lowest BCUT2D eigenvalue weighted by Gasteiger charge is -2.13. The molecule has 0 unspecified atom stereocenters. The number of nitro groups is 1. The molecule has 0 spiro atoms. The minimum Gasteiger partial charge on any atom is -0.426 e. The van der Waals surface area contributed by atoms with Gasteiger partial charge in [0.1, 0.15) is 11.3 Å². The first-order valence-corrected chi connectivity index (χ1v) is 11.8. The summed E-state index contributed by atoms with van der Waals surface area (Å²) in [6, 6.07) is 12.8. The number of fused-ring (bicyclic) bond motifs is 1. The first kappa shape index (κ1) is 25.4. The summed E-state index contributed by atoms with van der Waals surface area (Å²) in [6.07, 6.45) is 1.68. The highest BCUT2D eigenvalue weighted by atomic mass is 16.6. The number of amides is 2. The Morgan fingerprint density at radius 3 is 2.46 bits per heavy atom. The number of nitrogens with zero attached hydrogens (tertiary/aromatic N) is 4. The third-order valence-electron chi connectivity index (χ3n) is 5.74. The van der Waals surface area contributed by atoms with E-state index >= 15 is 0 Å². The number of nitro benzene ring substituents is 1. The monoisotopic (exact) mass is 503 g/mol. The maximum Gasteiger partial charge on any atom is 0.311 e. The Labute approximate surface area is 212 Å². The highest BCUT2D eigenvalue weighted by Gasteiger charge is 2.40. The van der Waals surface area contributed by atoms with E-state index in [-0.39, 0.29) is 29.8 Å². The number of aromatic nitrogens is 2. The van der Waals surface area contributed by atoms with E-state index in [1.165, 1.54) is 18.2 Å². The molecule has 2 heterocycles. The highest BCUT2D eigenvalue weighted by molar-refractivity contribution is 6.23. The predicted octanol–water partition coefficient (Wildman–Crippen LogP) is 4.51. The molecule has 0 saturated carbocycles. The third-order valence-corrected chi connectivity index (χ3v) is 5.74. The average molecular weight is 504 g/mol. The van der Waals surface area contributed by atoms with Crippen molar-refractivity contribution in [1.29, 1.82) is 0 Å². The fourth-order valence-corrected chi connectivity index (χ4v) is 4.12. The number of esters is 1. The van der Waals surface area contributed by atoms with Crippen molar-refractivity contribution in [2.24, 2.45) is 0 Å². The van der Waals surface area contributed by atoms with Gasteiger partial charge in [0.25, 0.3) is 17.5 Å². The van der Waals surface area contributed by atoms with E-state index in [1.807, 2.05) is 26.0 Å². The molecule has 3 aromatic rings. The molecule has 1 N–H and O–H groups in total. The van der Waals surface area contributed by atoms with E-state index in [9.17, 15) is 24.5 Å². The number of nitrogens with one attached hydrogen (secondary N) is 1. The van der Waals surface area contributed by atoms with Gasteiger partial charge in [0, 0.05) is 42.2 Å². The van der Waals surface area contributed by atoms with Crippen LogP contribution in [-0.4, -0.2) is 44.1 Å². The van der Waals surface area contributed by atoms with Crippen molar-refractivity contribution >= 4 is 35.1 Å². The van der Waals surface area contributed by atoms with Crippen LogP contribution in [0, 0.1) is 24.0 Å². The Morgan fingerprint density at radius 1 is 1.00 bits per heavy atom. The number of hydrogen-bond donors (Lipinski definition) is 1. The molecule has 0 atom stereocenters. The van der Waals surface area contributed by atoms with E-state index in [0.29, 0.717) is 36.6 Å².